The van der Waals surface area contributed by atoms with Gasteiger partial charge < -0.3 is 5.73 Å². The minimum absolute atomic E-state index is 0.252. The van der Waals surface area contributed by atoms with Gasteiger partial charge in [-0.2, -0.15) is 4.98 Å². The molecule has 0 saturated carbocycles. The lowest BCUT2D eigenvalue weighted by atomic mass is 10.1. The molecule has 0 amide bonds. The Bertz CT molecular complexity index is 754. The zero-order valence-electron chi connectivity index (χ0n) is 10.9. The molecule has 0 saturated heterocycles. The Hall–Kier alpha value is -1.93. The lowest BCUT2D eigenvalue weighted by molar-refractivity contribution is 0.582. The number of hydrogen-bond acceptors (Lipinski definition) is 5. The number of aromatic amines is 1. The molecular formula is C12H13FN4O2S. The molecule has 106 valence electrons. The van der Waals surface area contributed by atoms with Gasteiger partial charge in [0.05, 0.1) is 0 Å². The molecule has 0 aliphatic carbocycles. The van der Waals surface area contributed by atoms with Crippen LogP contribution in [0.2, 0.25) is 0 Å². The Morgan fingerprint density at radius 3 is 2.80 bits per heavy atom. The number of H-pyrrole nitrogens is 1. The zero-order chi connectivity index (χ0) is 14.9. The second kappa shape index (κ2) is 5.59. The molecule has 0 radical (unpaired) electrons. The summed E-state index contributed by atoms with van der Waals surface area (Å²) in [6, 6.07) is 4.05. The van der Waals surface area contributed by atoms with Crippen LogP contribution in [0.3, 0.4) is 0 Å². The normalized spacial score (nSPS) is 12.4. The van der Waals surface area contributed by atoms with Crippen LogP contribution in [-0.4, -0.2) is 14.8 Å². The van der Waals surface area contributed by atoms with Gasteiger partial charge in [0, 0.05) is 23.5 Å². The van der Waals surface area contributed by atoms with Gasteiger partial charge in [0.1, 0.15) is 5.82 Å². The molecule has 6 nitrogen and oxygen atoms in total. The predicted octanol–water partition coefficient (Wildman–Crippen LogP) is 0.779. The van der Waals surface area contributed by atoms with E-state index in [2.05, 4.69) is 10.1 Å². The molecule has 20 heavy (non-hydrogen) atoms. The van der Waals surface area contributed by atoms with Gasteiger partial charge in [0.15, 0.2) is 5.16 Å². The molecule has 0 fully saturated rings. The van der Waals surface area contributed by atoms with Gasteiger partial charge in [-0.15, -0.1) is 0 Å². The SMILES string of the molecule is C[C@@H](N)c1c(F)cccc1Sc1nc(=O)c(=O)[nH]n1C. The number of nitrogens with one attached hydrogen (secondary N) is 1. The summed E-state index contributed by atoms with van der Waals surface area (Å²) in [4.78, 5) is 26.6. The zero-order valence-corrected chi connectivity index (χ0v) is 11.7. The van der Waals surface area contributed by atoms with Crippen LogP contribution in [0.15, 0.2) is 37.8 Å². The number of nitrogens with zero attached hydrogens (tertiary/aromatic N) is 2. The van der Waals surface area contributed by atoms with Crippen LogP contribution >= 0.6 is 11.8 Å². The number of benzene rings is 1. The molecule has 0 aliphatic heterocycles. The first-order valence-corrected chi connectivity index (χ1v) is 6.61. The Kier molecular flexibility index (Phi) is 4.05. The highest BCUT2D eigenvalue weighted by atomic mass is 32.2. The Morgan fingerprint density at radius 2 is 2.15 bits per heavy atom. The maximum atomic E-state index is 13.8. The van der Waals surface area contributed by atoms with E-state index in [1.54, 1.807) is 26.1 Å². The first kappa shape index (κ1) is 14.5. The van der Waals surface area contributed by atoms with Gasteiger partial charge in [-0.05, 0) is 30.8 Å². The molecule has 3 N–H and O–H groups in total. The lowest BCUT2D eigenvalue weighted by Gasteiger charge is -2.13. The average molecular weight is 296 g/mol. The fraction of sp³-hybridized carbons (Fsp3) is 0.250. The van der Waals surface area contributed by atoms with Gasteiger partial charge in [-0.1, -0.05) is 6.07 Å². The van der Waals surface area contributed by atoms with E-state index in [1.165, 1.54) is 10.7 Å². The molecule has 0 spiro atoms. The third kappa shape index (κ3) is 2.81. The predicted molar refractivity (Wildman–Crippen MR) is 73.2 cm³/mol. The molecule has 1 heterocycles. The van der Waals surface area contributed by atoms with Crippen molar-refractivity contribution < 1.29 is 4.39 Å². The highest BCUT2D eigenvalue weighted by Crippen LogP contribution is 2.32. The molecule has 2 aromatic rings. The van der Waals surface area contributed by atoms with Gasteiger partial charge in [-0.25, -0.2) is 4.39 Å². The molecule has 0 unspecified atom stereocenters. The smallest absolute Gasteiger partial charge is 0.324 e. The number of halogens is 1. The summed E-state index contributed by atoms with van der Waals surface area (Å²) >= 11 is 1.07. The van der Waals surface area contributed by atoms with Gasteiger partial charge in [0.25, 0.3) is 0 Å². The van der Waals surface area contributed by atoms with E-state index in [0.29, 0.717) is 10.5 Å². The largest absolute Gasteiger partial charge is 0.339 e. The highest BCUT2D eigenvalue weighted by molar-refractivity contribution is 7.99. The van der Waals surface area contributed by atoms with Crippen LogP contribution in [0.25, 0.3) is 0 Å². The molecule has 0 aliphatic rings. The maximum absolute atomic E-state index is 13.8. The number of hydrogen-bond donors (Lipinski definition) is 2. The molecule has 0 bridgehead atoms. The molecule has 1 aromatic carbocycles. The molecule has 1 atom stereocenters. The van der Waals surface area contributed by atoms with Crippen molar-refractivity contribution in [1.82, 2.24) is 14.8 Å². The van der Waals surface area contributed by atoms with Crippen molar-refractivity contribution in [3.63, 3.8) is 0 Å². The van der Waals surface area contributed by atoms with Crippen LogP contribution in [0.5, 0.6) is 0 Å². The van der Waals surface area contributed by atoms with Crippen molar-refractivity contribution in [2.24, 2.45) is 12.8 Å². The standard InChI is InChI=1S/C12H13FN4O2S/c1-6(14)9-7(13)4-3-5-8(9)20-12-15-10(18)11(19)16-17(12)2/h3-6H,14H2,1-2H3,(H,16,19)/t6-/m1/s1. The van der Waals surface area contributed by atoms with E-state index in [0.717, 1.165) is 11.8 Å². The van der Waals surface area contributed by atoms with Crippen LogP contribution in [0.1, 0.15) is 18.5 Å². The fourth-order valence-electron chi connectivity index (χ4n) is 1.70. The summed E-state index contributed by atoms with van der Waals surface area (Å²) in [5.41, 5.74) is 4.42. The summed E-state index contributed by atoms with van der Waals surface area (Å²) in [6.07, 6.45) is 0. The minimum atomic E-state index is -0.885. The molecule has 8 heteroatoms. The van der Waals surface area contributed by atoms with E-state index in [-0.39, 0.29) is 5.16 Å². The third-order valence-corrected chi connectivity index (χ3v) is 3.74. The Balaban J connectivity index is 2.51. The minimum Gasteiger partial charge on any atom is -0.324 e. The van der Waals surface area contributed by atoms with E-state index in [1.807, 2.05) is 0 Å². The monoisotopic (exact) mass is 296 g/mol. The van der Waals surface area contributed by atoms with Crippen LogP contribution in [0.4, 0.5) is 4.39 Å². The van der Waals surface area contributed by atoms with Crippen LogP contribution in [-0.2, 0) is 7.05 Å². The van der Waals surface area contributed by atoms with E-state index in [4.69, 9.17) is 5.73 Å². The second-order valence-electron chi connectivity index (χ2n) is 4.24. The molecular weight excluding hydrogens is 283 g/mol. The number of nitrogens with two attached hydrogens (primary N) is 1. The average Bonchev–Trinajstić information content (AvgIpc) is 2.35. The maximum Gasteiger partial charge on any atom is 0.339 e. The van der Waals surface area contributed by atoms with Crippen LogP contribution < -0.4 is 16.9 Å². The quantitative estimate of drug-likeness (QED) is 0.816. The van der Waals surface area contributed by atoms with Crippen molar-refractivity contribution in [2.75, 3.05) is 0 Å². The molecule has 2 rings (SSSR count). The first-order chi connectivity index (χ1) is 9.40. The highest BCUT2D eigenvalue weighted by Gasteiger charge is 2.15. The molecule has 1 aromatic heterocycles. The van der Waals surface area contributed by atoms with E-state index in [9.17, 15) is 14.0 Å². The van der Waals surface area contributed by atoms with Crippen molar-refractivity contribution in [1.29, 1.82) is 0 Å². The van der Waals surface area contributed by atoms with Crippen molar-refractivity contribution >= 4 is 11.8 Å². The second-order valence-corrected chi connectivity index (χ2v) is 5.25. The van der Waals surface area contributed by atoms with Crippen LogP contribution in [0, 0.1) is 5.82 Å². The lowest BCUT2D eigenvalue weighted by Crippen LogP contribution is -2.33. The van der Waals surface area contributed by atoms with Gasteiger partial charge >= 0.3 is 11.1 Å². The Morgan fingerprint density at radius 1 is 1.45 bits per heavy atom. The van der Waals surface area contributed by atoms with Crippen molar-refractivity contribution in [2.45, 2.75) is 23.0 Å². The Labute approximate surface area is 117 Å². The van der Waals surface area contributed by atoms with Crippen molar-refractivity contribution in [3.8, 4) is 0 Å². The summed E-state index contributed by atoms with van der Waals surface area (Å²) in [5.74, 6) is -0.417. The third-order valence-electron chi connectivity index (χ3n) is 2.62. The summed E-state index contributed by atoms with van der Waals surface area (Å²) < 4.78 is 15.1. The number of aryl methyl sites for hydroxylation is 1. The van der Waals surface area contributed by atoms with E-state index < -0.39 is 23.0 Å². The fourth-order valence-corrected chi connectivity index (χ4v) is 2.75. The van der Waals surface area contributed by atoms with Gasteiger partial charge in [0.2, 0.25) is 0 Å². The summed E-state index contributed by atoms with van der Waals surface area (Å²) in [6.45, 7) is 1.67. The number of aromatic nitrogens is 3. The van der Waals surface area contributed by atoms with E-state index >= 15 is 0 Å². The summed E-state index contributed by atoms with van der Waals surface area (Å²) in [7, 11) is 1.54. The number of rotatable bonds is 3. The first-order valence-electron chi connectivity index (χ1n) is 5.79. The summed E-state index contributed by atoms with van der Waals surface area (Å²) in [5, 5.41) is 2.58. The topological polar surface area (TPSA) is 93.8 Å². The van der Waals surface area contributed by atoms with Gasteiger partial charge in [-0.3, -0.25) is 19.4 Å². The van der Waals surface area contributed by atoms with Crippen molar-refractivity contribution in [3.05, 3.63) is 50.3 Å².